The van der Waals surface area contributed by atoms with Crippen LogP contribution in [0, 0.1) is 6.92 Å². The number of amides is 1. The molecule has 5 nitrogen and oxygen atoms in total. The third-order valence-corrected chi connectivity index (χ3v) is 4.95. The van der Waals surface area contributed by atoms with Gasteiger partial charge in [-0.05, 0) is 57.5 Å². The molecule has 1 aliphatic rings. The molecule has 0 spiro atoms. The molecule has 1 amide bonds. The zero-order valence-electron chi connectivity index (χ0n) is 15.0. The van der Waals surface area contributed by atoms with Gasteiger partial charge in [0.1, 0.15) is 5.75 Å². The van der Waals surface area contributed by atoms with Crippen LogP contribution in [0.4, 0.5) is 0 Å². The third kappa shape index (κ3) is 4.10. The van der Waals surface area contributed by atoms with E-state index in [1.807, 2.05) is 13.0 Å². The number of benzene rings is 1. The van der Waals surface area contributed by atoms with Crippen molar-refractivity contribution in [2.75, 3.05) is 19.6 Å². The number of phenolic OH excluding ortho intramolecular Hbond substituents is 1. The normalized spacial score (nSPS) is 15.1. The fourth-order valence-electron chi connectivity index (χ4n) is 3.63. The summed E-state index contributed by atoms with van der Waals surface area (Å²) in [5.74, 6) is 0.280. The number of unbranched alkanes of at least 4 members (excludes halogenated alkanes) is 1. The number of phenols is 1. The minimum Gasteiger partial charge on any atom is -0.508 e. The number of aryl methyl sites for hydroxylation is 1. The van der Waals surface area contributed by atoms with Crippen molar-refractivity contribution in [2.45, 2.75) is 45.6 Å². The summed E-state index contributed by atoms with van der Waals surface area (Å²) in [7, 11) is 0. The maximum atomic E-state index is 13.4. The van der Waals surface area contributed by atoms with E-state index >= 15 is 0 Å². The number of nitrogens with zero attached hydrogens (tertiary/aromatic N) is 1. The Bertz CT molecular complexity index is 723. The van der Waals surface area contributed by atoms with Crippen molar-refractivity contribution in [3.63, 3.8) is 0 Å². The number of aromatic nitrogens is 1. The van der Waals surface area contributed by atoms with Crippen molar-refractivity contribution >= 4 is 29.2 Å². The van der Waals surface area contributed by atoms with Gasteiger partial charge in [0.2, 0.25) is 0 Å². The van der Waals surface area contributed by atoms with E-state index in [1.54, 1.807) is 12.1 Å². The number of fused-ring (bicyclic) bond motifs is 1. The molecule has 2 aromatic rings. The van der Waals surface area contributed by atoms with Gasteiger partial charge < -0.3 is 20.3 Å². The molecule has 0 unspecified atom stereocenters. The van der Waals surface area contributed by atoms with Crippen molar-refractivity contribution in [1.82, 2.24) is 15.2 Å². The number of halogens is 1. The smallest absolute Gasteiger partial charge is 0.256 e. The maximum Gasteiger partial charge on any atom is 0.256 e. The van der Waals surface area contributed by atoms with Gasteiger partial charge >= 0.3 is 0 Å². The lowest BCUT2D eigenvalue weighted by molar-refractivity contribution is 0.0640. The summed E-state index contributed by atoms with van der Waals surface area (Å²) in [6.45, 7) is 6.82. The monoisotopic (exact) mass is 365 g/mol. The van der Waals surface area contributed by atoms with E-state index < -0.39 is 0 Å². The number of hydrogen-bond acceptors (Lipinski definition) is 3. The Morgan fingerprint density at radius 2 is 2.04 bits per heavy atom. The summed E-state index contributed by atoms with van der Waals surface area (Å²) in [4.78, 5) is 18.7. The van der Waals surface area contributed by atoms with Gasteiger partial charge in [-0.25, -0.2) is 0 Å². The fraction of sp³-hybridized carbons (Fsp3) is 0.526. The highest BCUT2D eigenvalue weighted by Crippen LogP contribution is 2.28. The van der Waals surface area contributed by atoms with Crippen LogP contribution in [-0.4, -0.2) is 46.6 Å². The molecule has 0 atom stereocenters. The summed E-state index contributed by atoms with van der Waals surface area (Å²) in [6, 6.07) is 5.46. The second-order valence-corrected chi connectivity index (χ2v) is 6.69. The molecule has 1 aromatic heterocycles. The molecule has 25 heavy (non-hydrogen) atoms. The zero-order chi connectivity index (χ0) is 17.1. The molecule has 138 valence electrons. The van der Waals surface area contributed by atoms with E-state index in [-0.39, 0.29) is 24.1 Å². The Labute approximate surface area is 155 Å². The van der Waals surface area contributed by atoms with E-state index in [0.717, 1.165) is 61.9 Å². The summed E-state index contributed by atoms with van der Waals surface area (Å²) in [5.41, 5.74) is 2.47. The summed E-state index contributed by atoms with van der Waals surface area (Å²) < 4.78 is 0. The minimum absolute atomic E-state index is 0. The predicted octanol–water partition coefficient (Wildman–Crippen LogP) is 3.60. The first-order valence-electron chi connectivity index (χ1n) is 8.94. The summed E-state index contributed by atoms with van der Waals surface area (Å²) in [6.07, 6.45) is 4.09. The number of aromatic amines is 1. The number of H-pyrrole nitrogens is 1. The Hall–Kier alpha value is -1.72. The largest absolute Gasteiger partial charge is 0.508 e. The number of aromatic hydroxyl groups is 1. The molecule has 1 saturated heterocycles. The molecule has 1 aliphatic heterocycles. The maximum absolute atomic E-state index is 13.4. The molecule has 1 aromatic carbocycles. The van der Waals surface area contributed by atoms with Gasteiger partial charge in [0.15, 0.2) is 0 Å². The number of carbonyl (C=O) groups excluding carboxylic acids is 1. The number of rotatable bonds is 5. The van der Waals surface area contributed by atoms with Gasteiger partial charge in [-0.1, -0.05) is 13.3 Å². The van der Waals surface area contributed by atoms with Gasteiger partial charge in [0.25, 0.3) is 5.91 Å². The van der Waals surface area contributed by atoms with Crippen LogP contribution in [0.15, 0.2) is 18.2 Å². The molecule has 2 heterocycles. The fourth-order valence-corrected chi connectivity index (χ4v) is 3.63. The van der Waals surface area contributed by atoms with Crippen molar-refractivity contribution in [1.29, 1.82) is 0 Å². The van der Waals surface area contributed by atoms with Crippen LogP contribution in [0.2, 0.25) is 0 Å². The van der Waals surface area contributed by atoms with Crippen LogP contribution >= 0.6 is 12.4 Å². The van der Waals surface area contributed by atoms with Gasteiger partial charge in [-0.3, -0.25) is 4.79 Å². The molecular formula is C19H28ClN3O2. The Morgan fingerprint density at radius 1 is 1.32 bits per heavy atom. The SMILES string of the molecule is CCCCN(C(=O)c1c(C)[nH]c2ccc(O)cc12)C1CCNCC1.Cl. The highest BCUT2D eigenvalue weighted by atomic mass is 35.5. The number of piperidine rings is 1. The first kappa shape index (κ1) is 19.6. The lowest BCUT2D eigenvalue weighted by Gasteiger charge is -2.35. The van der Waals surface area contributed by atoms with Gasteiger partial charge in [0.05, 0.1) is 5.56 Å². The Kier molecular flexibility index (Phi) is 6.73. The molecule has 1 fully saturated rings. The van der Waals surface area contributed by atoms with E-state index in [2.05, 4.69) is 22.1 Å². The van der Waals surface area contributed by atoms with Crippen molar-refractivity contribution < 1.29 is 9.90 Å². The molecule has 3 rings (SSSR count). The average molecular weight is 366 g/mol. The molecule has 0 saturated carbocycles. The molecule has 0 aliphatic carbocycles. The lowest BCUT2D eigenvalue weighted by Crippen LogP contribution is -2.46. The van der Waals surface area contributed by atoms with Gasteiger partial charge in [-0.2, -0.15) is 0 Å². The van der Waals surface area contributed by atoms with E-state index in [4.69, 9.17) is 0 Å². The van der Waals surface area contributed by atoms with Crippen molar-refractivity contribution in [3.05, 3.63) is 29.5 Å². The quantitative estimate of drug-likeness (QED) is 0.758. The molecule has 0 bridgehead atoms. The number of hydrogen-bond donors (Lipinski definition) is 3. The second-order valence-electron chi connectivity index (χ2n) is 6.69. The molecule has 6 heteroatoms. The Morgan fingerprint density at radius 3 is 2.72 bits per heavy atom. The number of carbonyl (C=O) groups is 1. The molecular weight excluding hydrogens is 338 g/mol. The summed E-state index contributed by atoms with van der Waals surface area (Å²) in [5, 5.41) is 14.0. The Balaban J connectivity index is 0.00000225. The first-order valence-corrected chi connectivity index (χ1v) is 8.94. The van der Waals surface area contributed by atoms with Crippen LogP contribution in [-0.2, 0) is 0 Å². The van der Waals surface area contributed by atoms with E-state index in [0.29, 0.717) is 11.6 Å². The molecule has 3 N–H and O–H groups in total. The average Bonchev–Trinajstić information content (AvgIpc) is 2.91. The van der Waals surface area contributed by atoms with Crippen LogP contribution in [0.5, 0.6) is 5.75 Å². The lowest BCUT2D eigenvalue weighted by atomic mass is 10.0. The third-order valence-electron chi connectivity index (χ3n) is 4.95. The van der Waals surface area contributed by atoms with Gasteiger partial charge in [0, 0.05) is 29.2 Å². The van der Waals surface area contributed by atoms with Crippen molar-refractivity contribution in [3.8, 4) is 5.75 Å². The standard InChI is InChI=1S/C19H27N3O2.ClH/c1-3-4-11-22(14-7-9-20-10-8-14)19(24)18-13(2)21-17-6-5-15(23)12-16(17)18;/h5-6,12,14,20-21,23H,3-4,7-11H2,1-2H3;1H. The highest BCUT2D eigenvalue weighted by molar-refractivity contribution is 6.08. The van der Waals surface area contributed by atoms with Crippen LogP contribution in [0.3, 0.4) is 0 Å². The minimum atomic E-state index is 0. The number of nitrogens with one attached hydrogen (secondary N) is 2. The van der Waals surface area contributed by atoms with Crippen molar-refractivity contribution in [2.24, 2.45) is 0 Å². The topological polar surface area (TPSA) is 68.4 Å². The van der Waals surface area contributed by atoms with Crippen LogP contribution in [0.1, 0.15) is 48.7 Å². The summed E-state index contributed by atoms with van der Waals surface area (Å²) >= 11 is 0. The highest BCUT2D eigenvalue weighted by Gasteiger charge is 2.28. The van der Waals surface area contributed by atoms with E-state index in [1.165, 1.54) is 0 Å². The zero-order valence-corrected chi connectivity index (χ0v) is 15.8. The van der Waals surface area contributed by atoms with Crippen LogP contribution in [0.25, 0.3) is 10.9 Å². The van der Waals surface area contributed by atoms with E-state index in [9.17, 15) is 9.90 Å². The first-order chi connectivity index (χ1) is 11.6. The predicted molar refractivity (Wildman–Crippen MR) is 104 cm³/mol. The van der Waals surface area contributed by atoms with Gasteiger partial charge in [-0.15, -0.1) is 12.4 Å². The van der Waals surface area contributed by atoms with Crippen LogP contribution < -0.4 is 5.32 Å². The molecule has 0 radical (unpaired) electrons. The second kappa shape index (κ2) is 8.59.